The molecule has 130 valence electrons. The minimum absolute atomic E-state index is 0.00879. The fraction of sp³-hybridized carbons (Fsp3) is 0.182. The van der Waals surface area contributed by atoms with Crippen molar-refractivity contribution in [3.63, 3.8) is 0 Å². The van der Waals surface area contributed by atoms with E-state index in [-0.39, 0.29) is 5.91 Å². The molecule has 0 radical (unpaired) electrons. The zero-order valence-corrected chi connectivity index (χ0v) is 15.1. The Hall–Kier alpha value is -3.14. The van der Waals surface area contributed by atoms with Gasteiger partial charge in [0.15, 0.2) is 0 Å². The van der Waals surface area contributed by atoms with Gasteiger partial charge in [0.1, 0.15) is 5.82 Å². The summed E-state index contributed by atoms with van der Waals surface area (Å²) >= 11 is 0. The molecule has 0 aliphatic heterocycles. The van der Waals surface area contributed by atoms with E-state index in [1.807, 2.05) is 57.2 Å². The molecule has 0 fully saturated rings. The Morgan fingerprint density at radius 3 is 2.42 bits per heavy atom. The first-order chi connectivity index (χ1) is 12.4. The second-order valence-corrected chi connectivity index (χ2v) is 7.59. The van der Waals surface area contributed by atoms with Gasteiger partial charge in [0, 0.05) is 16.7 Å². The van der Waals surface area contributed by atoms with Crippen LogP contribution in [-0.2, 0) is 4.79 Å². The standard InChI is InChI=1S/C22H21N3O/c1-22(2,3)21(26)23-17-10-6-9-16(11-17)20-24-18-12-14-7-4-5-8-15(14)13-19(18)25-20/h4-13H,1-3H3,(H,23,26)(H,24,25). The van der Waals surface area contributed by atoms with E-state index in [9.17, 15) is 4.79 Å². The van der Waals surface area contributed by atoms with E-state index in [1.165, 1.54) is 10.8 Å². The fourth-order valence-corrected chi connectivity index (χ4v) is 2.90. The van der Waals surface area contributed by atoms with Crippen molar-refractivity contribution in [3.05, 3.63) is 60.7 Å². The Balaban J connectivity index is 1.72. The average Bonchev–Trinajstić information content (AvgIpc) is 3.02. The molecule has 26 heavy (non-hydrogen) atoms. The van der Waals surface area contributed by atoms with Crippen molar-refractivity contribution in [2.24, 2.45) is 5.41 Å². The van der Waals surface area contributed by atoms with Crippen LogP contribution in [0.1, 0.15) is 20.8 Å². The first-order valence-electron chi connectivity index (χ1n) is 8.70. The quantitative estimate of drug-likeness (QED) is 0.514. The number of amides is 1. The highest BCUT2D eigenvalue weighted by atomic mass is 16.2. The Bertz CT molecular complexity index is 1070. The lowest BCUT2D eigenvalue weighted by Crippen LogP contribution is -2.27. The smallest absolute Gasteiger partial charge is 0.229 e. The van der Waals surface area contributed by atoms with Gasteiger partial charge in [-0.1, -0.05) is 57.2 Å². The molecule has 0 atom stereocenters. The van der Waals surface area contributed by atoms with Crippen LogP contribution in [0.15, 0.2) is 60.7 Å². The predicted molar refractivity (Wildman–Crippen MR) is 107 cm³/mol. The Labute approximate surface area is 152 Å². The molecule has 0 saturated carbocycles. The highest BCUT2D eigenvalue weighted by Gasteiger charge is 2.21. The molecule has 2 N–H and O–H groups in total. The SMILES string of the molecule is CC(C)(C)C(=O)Nc1cccc(-c2nc3cc4ccccc4cc3[nH]2)c1. The number of hydrogen-bond donors (Lipinski definition) is 2. The van der Waals surface area contributed by atoms with Crippen molar-refractivity contribution < 1.29 is 4.79 Å². The second-order valence-electron chi connectivity index (χ2n) is 7.59. The molecule has 4 heteroatoms. The number of aromatic nitrogens is 2. The molecule has 1 aromatic heterocycles. The topological polar surface area (TPSA) is 57.8 Å². The lowest BCUT2D eigenvalue weighted by molar-refractivity contribution is -0.123. The molecule has 0 aliphatic rings. The van der Waals surface area contributed by atoms with Gasteiger partial charge in [0.25, 0.3) is 0 Å². The number of nitrogens with zero attached hydrogens (tertiary/aromatic N) is 1. The fourth-order valence-electron chi connectivity index (χ4n) is 2.90. The number of imidazole rings is 1. The second kappa shape index (κ2) is 5.99. The number of nitrogens with one attached hydrogen (secondary N) is 2. The molecule has 4 rings (SSSR count). The summed E-state index contributed by atoms with van der Waals surface area (Å²) in [4.78, 5) is 20.3. The van der Waals surface area contributed by atoms with Crippen molar-refractivity contribution in [2.45, 2.75) is 20.8 Å². The third-order valence-electron chi connectivity index (χ3n) is 4.42. The van der Waals surface area contributed by atoms with Gasteiger partial charge >= 0.3 is 0 Å². The zero-order valence-electron chi connectivity index (χ0n) is 15.1. The predicted octanol–water partition coefficient (Wildman–Crippen LogP) is 5.37. The number of rotatable bonds is 2. The average molecular weight is 343 g/mol. The maximum absolute atomic E-state index is 12.2. The Kier molecular flexibility index (Phi) is 3.76. The van der Waals surface area contributed by atoms with Crippen LogP contribution in [0.2, 0.25) is 0 Å². The van der Waals surface area contributed by atoms with Gasteiger partial charge in [-0.15, -0.1) is 0 Å². The lowest BCUT2D eigenvalue weighted by atomic mass is 9.95. The number of H-pyrrole nitrogens is 1. The Morgan fingerprint density at radius 2 is 1.69 bits per heavy atom. The monoisotopic (exact) mass is 343 g/mol. The summed E-state index contributed by atoms with van der Waals surface area (Å²) in [6.45, 7) is 5.70. The van der Waals surface area contributed by atoms with Crippen molar-refractivity contribution >= 4 is 33.4 Å². The number of carbonyl (C=O) groups excluding carboxylic acids is 1. The first-order valence-corrected chi connectivity index (χ1v) is 8.70. The van der Waals surface area contributed by atoms with E-state index >= 15 is 0 Å². The van der Waals surface area contributed by atoms with Gasteiger partial charge in [-0.2, -0.15) is 0 Å². The van der Waals surface area contributed by atoms with Crippen LogP contribution in [0.3, 0.4) is 0 Å². The van der Waals surface area contributed by atoms with E-state index in [0.717, 1.165) is 28.1 Å². The minimum Gasteiger partial charge on any atom is -0.338 e. The van der Waals surface area contributed by atoms with E-state index in [2.05, 4.69) is 34.6 Å². The summed E-state index contributed by atoms with van der Waals surface area (Å²) in [6.07, 6.45) is 0. The van der Waals surface area contributed by atoms with Gasteiger partial charge < -0.3 is 10.3 Å². The van der Waals surface area contributed by atoms with Gasteiger partial charge in [-0.3, -0.25) is 4.79 Å². The number of anilines is 1. The first kappa shape index (κ1) is 16.3. The number of carbonyl (C=O) groups is 1. The van der Waals surface area contributed by atoms with Gasteiger partial charge in [-0.25, -0.2) is 4.98 Å². The summed E-state index contributed by atoms with van der Waals surface area (Å²) in [5, 5.41) is 5.32. The summed E-state index contributed by atoms with van der Waals surface area (Å²) in [5.74, 6) is 0.785. The zero-order chi connectivity index (χ0) is 18.3. The highest BCUT2D eigenvalue weighted by molar-refractivity contribution is 5.97. The van der Waals surface area contributed by atoms with Crippen molar-refractivity contribution in [2.75, 3.05) is 5.32 Å². The minimum atomic E-state index is -0.435. The van der Waals surface area contributed by atoms with Crippen LogP contribution in [-0.4, -0.2) is 15.9 Å². The van der Waals surface area contributed by atoms with Gasteiger partial charge in [0.2, 0.25) is 5.91 Å². The number of fused-ring (bicyclic) bond motifs is 2. The third kappa shape index (κ3) is 3.06. The van der Waals surface area contributed by atoms with Crippen molar-refractivity contribution in [1.29, 1.82) is 0 Å². The van der Waals surface area contributed by atoms with Crippen LogP contribution < -0.4 is 5.32 Å². The van der Waals surface area contributed by atoms with Crippen molar-refractivity contribution in [1.82, 2.24) is 9.97 Å². The number of aromatic amines is 1. The molecule has 0 saturated heterocycles. The summed E-state index contributed by atoms with van der Waals surface area (Å²) < 4.78 is 0. The largest absolute Gasteiger partial charge is 0.338 e. The van der Waals surface area contributed by atoms with Crippen LogP contribution >= 0.6 is 0 Å². The van der Waals surface area contributed by atoms with Gasteiger partial charge in [0.05, 0.1) is 11.0 Å². The summed E-state index contributed by atoms with van der Waals surface area (Å²) in [5.41, 5.74) is 3.21. The molecule has 0 aliphatic carbocycles. The maximum Gasteiger partial charge on any atom is 0.229 e. The molecule has 0 unspecified atom stereocenters. The molecule has 4 aromatic rings. The van der Waals surface area contributed by atoms with E-state index in [1.54, 1.807) is 0 Å². The molecule has 0 bridgehead atoms. The van der Waals surface area contributed by atoms with Crippen LogP contribution in [0, 0.1) is 5.41 Å². The van der Waals surface area contributed by atoms with Crippen LogP contribution in [0.25, 0.3) is 33.2 Å². The summed E-state index contributed by atoms with van der Waals surface area (Å²) in [6, 6.07) is 20.2. The molecule has 3 aromatic carbocycles. The molecule has 0 spiro atoms. The maximum atomic E-state index is 12.2. The van der Waals surface area contributed by atoms with Crippen LogP contribution in [0.5, 0.6) is 0 Å². The summed E-state index contributed by atoms with van der Waals surface area (Å²) in [7, 11) is 0. The normalized spacial score (nSPS) is 11.8. The molecular weight excluding hydrogens is 322 g/mol. The molecule has 1 heterocycles. The highest BCUT2D eigenvalue weighted by Crippen LogP contribution is 2.27. The molecular formula is C22H21N3O. The molecule has 1 amide bonds. The number of benzene rings is 3. The third-order valence-corrected chi connectivity index (χ3v) is 4.42. The van der Waals surface area contributed by atoms with E-state index < -0.39 is 5.41 Å². The molecule has 4 nitrogen and oxygen atoms in total. The van der Waals surface area contributed by atoms with Gasteiger partial charge in [-0.05, 0) is 35.0 Å². The van der Waals surface area contributed by atoms with E-state index in [0.29, 0.717) is 0 Å². The van der Waals surface area contributed by atoms with Crippen LogP contribution in [0.4, 0.5) is 5.69 Å². The van der Waals surface area contributed by atoms with E-state index in [4.69, 9.17) is 4.98 Å². The number of hydrogen-bond acceptors (Lipinski definition) is 2. The lowest BCUT2D eigenvalue weighted by Gasteiger charge is -2.17. The Morgan fingerprint density at radius 1 is 0.962 bits per heavy atom. The van der Waals surface area contributed by atoms with Crippen molar-refractivity contribution in [3.8, 4) is 11.4 Å².